The van der Waals surface area contributed by atoms with E-state index in [2.05, 4.69) is 15.5 Å². The van der Waals surface area contributed by atoms with E-state index in [9.17, 15) is 8.42 Å². The SMILES string of the molecule is CS(=O)(=O)N1CCCC1c1cc(NCc2ccc(Cl)s2)n[nH]1. The largest absolute Gasteiger partial charge is 0.364 e. The predicted molar refractivity (Wildman–Crippen MR) is 88.8 cm³/mol. The van der Waals surface area contributed by atoms with Gasteiger partial charge in [-0.3, -0.25) is 5.10 Å². The minimum Gasteiger partial charge on any atom is -0.364 e. The van der Waals surface area contributed by atoms with Crippen LogP contribution in [0.4, 0.5) is 5.82 Å². The molecule has 6 nitrogen and oxygen atoms in total. The van der Waals surface area contributed by atoms with Crippen molar-refractivity contribution in [2.75, 3.05) is 18.1 Å². The van der Waals surface area contributed by atoms with E-state index in [1.807, 2.05) is 18.2 Å². The van der Waals surface area contributed by atoms with Crippen molar-refractivity contribution in [2.24, 2.45) is 0 Å². The first-order valence-electron chi connectivity index (χ1n) is 6.94. The van der Waals surface area contributed by atoms with Crippen molar-refractivity contribution in [3.8, 4) is 0 Å². The molecule has 2 aromatic heterocycles. The Labute approximate surface area is 138 Å². The molecule has 1 saturated heterocycles. The standard InChI is InChI=1S/C13H17ClN4O2S2/c1-22(19,20)18-6-2-3-11(18)10-7-13(17-16-10)15-8-9-4-5-12(14)21-9/h4-5,7,11H,2-3,6,8H2,1H3,(H2,15,16,17). The molecular weight excluding hydrogens is 344 g/mol. The van der Waals surface area contributed by atoms with Crippen LogP contribution in [-0.2, 0) is 16.6 Å². The normalized spacial score (nSPS) is 19.6. The lowest BCUT2D eigenvalue weighted by Crippen LogP contribution is -2.29. The third-order valence-corrected chi connectivity index (χ3v) is 6.18. The number of nitrogens with one attached hydrogen (secondary N) is 2. The summed E-state index contributed by atoms with van der Waals surface area (Å²) in [6, 6.07) is 5.57. The smallest absolute Gasteiger partial charge is 0.211 e. The van der Waals surface area contributed by atoms with Crippen molar-refractivity contribution in [2.45, 2.75) is 25.4 Å². The van der Waals surface area contributed by atoms with Gasteiger partial charge in [0.25, 0.3) is 0 Å². The Morgan fingerprint density at radius 1 is 1.55 bits per heavy atom. The summed E-state index contributed by atoms with van der Waals surface area (Å²) in [5.41, 5.74) is 0.828. The molecule has 2 N–H and O–H groups in total. The average Bonchev–Trinajstić information content (AvgIpc) is 3.15. The summed E-state index contributed by atoms with van der Waals surface area (Å²) in [4.78, 5) is 1.12. The topological polar surface area (TPSA) is 78.1 Å². The van der Waals surface area contributed by atoms with E-state index in [4.69, 9.17) is 11.6 Å². The second-order valence-electron chi connectivity index (χ2n) is 5.30. The van der Waals surface area contributed by atoms with Gasteiger partial charge in [0.05, 0.1) is 28.9 Å². The molecular formula is C13H17ClN4O2S2. The number of sulfonamides is 1. The number of hydrogen-bond acceptors (Lipinski definition) is 5. The summed E-state index contributed by atoms with van der Waals surface area (Å²) in [5, 5.41) is 10.4. The van der Waals surface area contributed by atoms with Gasteiger partial charge in [0.15, 0.2) is 0 Å². The Hall–Kier alpha value is -1.09. The third kappa shape index (κ3) is 3.45. The highest BCUT2D eigenvalue weighted by Gasteiger charge is 2.33. The lowest BCUT2D eigenvalue weighted by Gasteiger charge is -2.20. The van der Waals surface area contributed by atoms with Crippen LogP contribution >= 0.6 is 22.9 Å². The van der Waals surface area contributed by atoms with Crippen LogP contribution in [0.15, 0.2) is 18.2 Å². The highest BCUT2D eigenvalue weighted by atomic mass is 35.5. The zero-order valence-electron chi connectivity index (χ0n) is 12.0. The van der Waals surface area contributed by atoms with E-state index in [0.717, 1.165) is 27.7 Å². The fraction of sp³-hybridized carbons (Fsp3) is 0.462. The first kappa shape index (κ1) is 15.8. The summed E-state index contributed by atoms with van der Waals surface area (Å²) >= 11 is 7.42. The first-order valence-corrected chi connectivity index (χ1v) is 9.98. The molecule has 0 spiro atoms. The molecule has 1 fully saturated rings. The number of aromatic nitrogens is 2. The highest BCUT2D eigenvalue weighted by Crippen LogP contribution is 2.33. The van der Waals surface area contributed by atoms with Crippen molar-refractivity contribution < 1.29 is 8.42 Å². The van der Waals surface area contributed by atoms with E-state index in [1.54, 1.807) is 0 Å². The van der Waals surface area contributed by atoms with E-state index in [1.165, 1.54) is 21.9 Å². The molecule has 9 heteroatoms. The number of nitrogens with zero attached hydrogens (tertiary/aromatic N) is 2. The van der Waals surface area contributed by atoms with Gasteiger partial charge in [-0.25, -0.2) is 8.42 Å². The van der Waals surface area contributed by atoms with Crippen molar-refractivity contribution in [3.05, 3.63) is 33.1 Å². The van der Waals surface area contributed by atoms with Gasteiger partial charge in [0, 0.05) is 17.5 Å². The summed E-state index contributed by atoms with van der Waals surface area (Å²) in [5.74, 6) is 0.708. The molecule has 0 saturated carbocycles. The van der Waals surface area contributed by atoms with Gasteiger partial charge in [-0.2, -0.15) is 9.40 Å². The Morgan fingerprint density at radius 3 is 3.05 bits per heavy atom. The Balaban J connectivity index is 1.68. The van der Waals surface area contributed by atoms with Gasteiger partial charge >= 0.3 is 0 Å². The van der Waals surface area contributed by atoms with Crippen molar-refractivity contribution in [1.82, 2.24) is 14.5 Å². The van der Waals surface area contributed by atoms with Crippen LogP contribution in [0.2, 0.25) is 4.34 Å². The summed E-state index contributed by atoms with van der Waals surface area (Å²) in [6.07, 6.45) is 2.93. The van der Waals surface area contributed by atoms with E-state index in [-0.39, 0.29) is 6.04 Å². The zero-order chi connectivity index (χ0) is 15.7. The van der Waals surface area contributed by atoms with Crippen LogP contribution in [0.25, 0.3) is 0 Å². The quantitative estimate of drug-likeness (QED) is 0.859. The van der Waals surface area contributed by atoms with Crippen LogP contribution in [0, 0.1) is 0 Å². The van der Waals surface area contributed by atoms with Gasteiger partial charge in [-0.05, 0) is 25.0 Å². The number of anilines is 1. The molecule has 3 rings (SSSR count). The molecule has 0 aliphatic carbocycles. The fourth-order valence-corrected chi connectivity index (χ4v) is 4.84. The molecule has 1 aliphatic heterocycles. The second kappa shape index (κ2) is 6.19. The number of thiophene rings is 1. The lowest BCUT2D eigenvalue weighted by molar-refractivity contribution is 0.394. The summed E-state index contributed by atoms with van der Waals surface area (Å²) < 4.78 is 25.9. The Kier molecular flexibility index (Phi) is 4.44. The zero-order valence-corrected chi connectivity index (χ0v) is 14.4. The Bertz CT molecular complexity index is 756. The molecule has 3 heterocycles. The molecule has 0 radical (unpaired) electrons. The van der Waals surface area contributed by atoms with Crippen molar-refractivity contribution in [3.63, 3.8) is 0 Å². The molecule has 22 heavy (non-hydrogen) atoms. The maximum Gasteiger partial charge on any atom is 0.211 e. The molecule has 0 bridgehead atoms. The van der Waals surface area contributed by atoms with Crippen LogP contribution < -0.4 is 5.32 Å². The minimum absolute atomic E-state index is 0.144. The van der Waals surface area contributed by atoms with Crippen LogP contribution in [-0.4, -0.2) is 35.7 Å². The number of H-pyrrole nitrogens is 1. The molecule has 120 valence electrons. The van der Waals surface area contributed by atoms with Crippen molar-refractivity contribution >= 4 is 38.8 Å². The minimum atomic E-state index is -3.19. The predicted octanol–water partition coefficient (Wildman–Crippen LogP) is 2.83. The van der Waals surface area contributed by atoms with Crippen LogP contribution in [0.3, 0.4) is 0 Å². The molecule has 2 aromatic rings. The average molecular weight is 361 g/mol. The van der Waals surface area contributed by atoms with Crippen LogP contribution in [0.5, 0.6) is 0 Å². The van der Waals surface area contributed by atoms with Gasteiger partial charge in [-0.15, -0.1) is 11.3 Å². The van der Waals surface area contributed by atoms with E-state index < -0.39 is 10.0 Å². The fourth-order valence-electron chi connectivity index (χ4n) is 2.67. The second-order valence-corrected chi connectivity index (χ2v) is 9.03. The van der Waals surface area contributed by atoms with E-state index >= 15 is 0 Å². The summed E-state index contributed by atoms with van der Waals surface area (Å²) in [7, 11) is -3.19. The summed E-state index contributed by atoms with van der Waals surface area (Å²) in [6.45, 7) is 1.21. The number of hydrogen-bond donors (Lipinski definition) is 2. The monoisotopic (exact) mass is 360 g/mol. The molecule has 0 aromatic carbocycles. The maximum atomic E-state index is 11.8. The van der Waals surface area contributed by atoms with Crippen molar-refractivity contribution in [1.29, 1.82) is 0 Å². The van der Waals surface area contributed by atoms with E-state index in [0.29, 0.717) is 18.9 Å². The first-order chi connectivity index (χ1) is 10.4. The number of aromatic amines is 1. The van der Waals surface area contributed by atoms with Gasteiger partial charge in [-0.1, -0.05) is 11.6 Å². The molecule has 1 atom stereocenters. The molecule has 1 unspecified atom stereocenters. The van der Waals surface area contributed by atoms with Gasteiger partial charge in [0.1, 0.15) is 5.82 Å². The maximum absolute atomic E-state index is 11.8. The Morgan fingerprint density at radius 2 is 2.36 bits per heavy atom. The number of halogens is 1. The third-order valence-electron chi connectivity index (χ3n) is 3.66. The number of rotatable bonds is 5. The van der Waals surface area contributed by atoms with Gasteiger partial charge < -0.3 is 5.32 Å². The van der Waals surface area contributed by atoms with Gasteiger partial charge in [0.2, 0.25) is 10.0 Å². The highest BCUT2D eigenvalue weighted by molar-refractivity contribution is 7.88. The molecule has 0 amide bonds. The lowest BCUT2D eigenvalue weighted by atomic mass is 10.2. The van der Waals surface area contributed by atoms with Crippen LogP contribution in [0.1, 0.15) is 29.5 Å². The molecule has 1 aliphatic rings.